The third kappa shape index (κ3) is 3.90. The second kappa shape index (κ2) is 7.20. The molecule has 1 amide bonds. The van der Waals surface area contributed by atoms with Crippen molar-refractivity contribution in [2.45, 2.75) is 6.54 Å². The van der Waals surface area contributed by atoms with Gasteiger partial charge in [0.1, 0.15) is 12.1 Å². The summed E-state index contributed by atoms with van der Waals surface area (Å²) in [5.74, 6) is -0.183. The van der Waals surface area contributed by atoms with Crippen LogP contribution in [0.5, 0.6) is 0 Å². The van der Waals surface area contributed by atoms with E-state index in [-0.39, 0.29) is 17.5 Å². The number of carbonyl (C=O) groups excluding carboxylic acids is 1. The summed E-state index contributed by atoms with van der Waals surface area (Å²) in [6.07, 6.45) is 1.46. The van der Waals surface area contributed by atoms with Gasteiger partial charge in [-0.1, -0.05) is 47.6 Å². The Morgan fingerprint density at radius 1 is 1.11 bits per heavy atom. The van der Waals surface area contributed by atoms with Crippen LogP contribution in [0.2, 0.25) is 0 Å². The highest BCUT2D eigenvalue weighted by Gasteiger charge is 2.15. The van der Waals surface area contributed by atoms with Crippen LogP contribution >= 0.6 is 0 Å². The van der Waals surface area contributed by atoms with Crippen molar-refractivity contribution >= 4 is 11.9 Å². The van der Waals surface area contributed by atoms with Gasteiger partial charge in [0.2, 0.25) is 5.95 Å². The van der Waals surface area contributed by atoms with Gasteiger partial charge in [-0.15, -0.1) is 5.10 Å². The van der Waals surface area contributed by atoms with Crippen molar-refractivity contribution in [1.82, 2.24) is 19.9 Å². The van der Waals surface area contributed by atoms with E-state index in [2.05, 4.69) is 20.6 Å². The van der Waals surface area contributed by atoms with Gasteiger partial charge in [-0.2, -0.15) is 0 Å². The van der Waals surface area contributed by atoms with Gasteiger partial charge >= 0.3 is 0 Å². The maximum absolute atomic E-state index is 13.2. The number of halogens is 1. The Balaban J connectivity index is 1.43. The maximum Gasteiger partial charge on any atom is 0.280 e. The van der Waals surface area contributed by atoms with Gasteiger partial charge in [0.05, 0.1) is 6.54 Å². The fourth-order valence-electron chi connectivity index (χ4n) is 2.54. The van der Waals surface area contributed by atoms with E-state index in [0.29, 0.717) is 12.3 Å². The molecule has 0 radical (unpaired) electrons. The van der Waals surface area contributed by atoms with Crippen LogP contribution in [0.15, 0.2) is 71.5 Å². The Morgan fingerprint density at radius 2 is 1.96 bits per heavy atom. The highest BCUT2D eigenvalue weighted by molar-refractivity contribution is 6.02. The molecular formula is C19H14FN5O2. The molecule has 4 aromatic rings. The van der Waals surface area contributed by atoms with E-state index in [1.165, 1.54) is 23.1 Å². The minimum Gasteiger partial charge on any atom is -0.355 e. The number of carbonyl (C=O) groups is 1. The van der Waals surface area contributed by atoms with Crippen molar-refractivity contribution in [3.63, 3.8) is 0 Å². The molecule has 0 saturated carbocycles. The fraction of sp³-hybridized carbons (Fsp3) is 0.0526. The van der Waals surface area contributed by atoms with E-state index >= 15 is 0 Å². The van der Waals surface area contributed by atoms with E-state index < -0.39 is 5.91 Å². The second-order valence-corrected chi connectivity index (χ2v) is 5.79. The third-order valence-electron chi connectivity index (χ3n) is 3.80. The molecule has 1 N–H and O–H groups in total. The Morgan fingerprint density at radius 3 is 2.78 bits per heavy atom. The lowest BCUT2D eigenvalue weighted by Crippen LogP contribution is -2.13. The first kappa shape index (κ1) is 16.6. The average Bonchev–Trinajstić information content (AvgIpc) is 3.32. The first-order valence-electron chi connectivity index (χ1n) is 8.15. The van der Waals surface area contributed by atoms with Crippen molar-refractivity contribution in [3.05, 3.63) is 84.1 Å². The zero-order valence-corrected chi connectivity index (χ0v) is 14.0. The van der Waals surface area contributed by atoms with Gasteiger partial charge in [-0.3, -0.25) is 10.1 Å². The summed E-state index contributed by atoms with van der Waals surface area (Å²) in [4.78, 5) is 16.3. The molecule has 0 unspecified atom stereocenters. The molecule has 2 aromatic heterocycles. The number of nitrogens with one attached hydrogen (secondary N) is 1. The van der Waals surface area contributed by atoms with E-state index in [1.807, 2.05) is 30.3 Å². The normalized spacial score (nSPS) is 10.7. The monoisotopic (exact) mass is 363 g/mol. The van der Waals surface area contributed by atoms with E-state index in [0.717, 1.165) is 11.1 Å². The highest BCUT2D eigenvalue weighted by Crippen LogP contribution is 2.20. The third-order valence-corrected chi connectivity index (χ3v) is 3.80. The first-order valence-corrected chi connectivity index (χ1v) is 8.15. The number of nitrogens with zero attached hydrogens (tertiary/aromatic N) is 4. The summed E-state index contributed by atoms with van der Waals surface area (Å²) in [7, 11) is 0. The highest BCUT2D eigenvalue weighted by atomic mass is 19.1. The summed E-state index contributed by atoms with van der Waals surface area (Å²) in [5, 5.41) is 10.5. The smallest absolute Gasteiger partial charge is 0.280 e. The molecule has 0 aliphatic rings. The molecule has 0 saturated heterocycles. The minimum atomic E-state index is -0.482. The predicted octanol–water partition coefficient (Wildman–Crippen LogP) is 3.37. The van der Waals surface area contributed by atoms with Crippen LogP contribution in [0, 0.1) is 5.82 Å². The standard InChI is InChI=1S/C19H14FN5O2/c20-15-8-4-5-13(9-15)11-25-12-21-19(23-25)22-18(26)16-10-17(27-24-16)14-6-2-1-3-7-14/h1-10,12H,11H2,(H,22,23,26). The zero-order valence-electron chi connectivity index (χ0n) is 14.0. The molecular weight excluding hydrogens is 349 g/mol. The number of benzene rings is 2. The quantitative estimate of drug-likeness (QED) is 0.587. The SMILES string of the molecule is O=C(Nc1ncn(Cc2cccc(F)c2)n1)c1cc(-c2ccccc2)on1. The van der Waals surface area contributed by atoms with Crippen LogP contribution in [0.3, 0.4) is 0 Å². The van der Waals surface area contributed by atoms with Gasteiger partial charge in [0, 0.05) is 11.6 Å². The Bertz CT molecular complexity index is 1070. The molecule has 7 nitrogen and oxygen atoms in total. The zero-order chi connectivity index (χ0) is 18.6. The second-order valence-electron chi connectivity index (χ2n) is 5.79. The number of rotatable bonds is 5. The van der Waals surface area contributed by atoms with Crippen molar-refractivity contribution in [3.8, 4) is 11.3 Å². The van der Waals surface area contributed by atoms with Crippen LogP contribution in [0.1, 0.15) is 16.1 Å². The number of anilines is 1. The summed E-state index contributed by atoms with van der Waals surface area (Å²) in [6, 6.07) is 17.1. The van der Waals surface area contributed by atoms with Crippen LogP contribution in [0.25, 0.3) is 11.3 Å². The maximum atomic E-state index is 13.2. The van der Waals surface area contributed by atoms with Gasteiger partial charge in [0.25, 0.3) is 5.91 Å². The molecule has 2 aromatic carbocycles. The summed E-state index contributed by atoms with van der Waals surface area (Å²) in [6.45, 7) is 0.336. The molecule has 2 heterocycles. The summed E-state index contributed by atoms with van der Waals surface area (Å²) >= 11 is 0. The molecule has 0 atom stereocenters. The Hall–Kier alpha value is -3.81. The molecule has 0 bridgehead atoms. The first-order chi connectivity index (χ1) is 13.2. The lowest BCUT2D eigenvalue weighted by molar-refractivity contribution is 0.101. The lowest BCUT2D eigenvalue weighted by Gasteiger charge is -2.01. The van der Waals surface area contributed by atoms with Gasteiger partial charge in [0.15, 0.2) is 11.5 Å². The van der Waals surface area contributed by atoms with Crippen LogP contribution in [-0.2, 0) is 6.54 Å². The molecule has 27 heavy (non-hydrogen) atoms. The number of hydrogen-bond acceptors (Lipinski definition) is 5. The van der Waals surface area contributed by atoms with E-state index in [9.17, 15) is 9.18 Å². The van der Waals surface area contributed by atoms with Crippen molar-refractivity contribution in [2.75, 3.05) is 5.32 Å². The molecule has 0 spiro atoms. The molecule has 4 rings (SSSR count). The number of amides is 1. The van der Waals surface area contributed by atoms with E-state index in [4.69, 9.17) is 4.52 Å². The lowest BCUT2D eigenvalue weighted by atomic mass is 10.1. The van der Waals surface area contributed by atoms with Gasteiger partial charge in [-0.05, 0) is 17.7 Å². The molecule has 0 aliphatic carbocycles. The molecule has 0 fully saturated rings. The van der Waals surface area contributed by atoms with Crippen LogP contribution in [-0.4, -0.2) is 25.8 Å². The number of aromatic nitrogens is 4. The Labute approximate surface area is 153 Å². The Kier molecular flexibility index (Phi) is 4.44. The van der Waals surface area contributed by atoms with E-state index in [1.54, 1.807) is 18.2 Å². The summed E-state index contributed by atoms with van der Waals surface area (Å²) < 4.78 is 20.0. The predicted molar refractivity (Wildman–Crippen MR) is 95.4 cm³/mol. The van der Waals surface area contributed by atoms with Gasteiger partial charge < -0.3 is 4.52 Å². The van der Waals surface area contributed by atoms with Crippen molar-refractivity contribution in [2.24, 2.45) is 0 Å². The van der Waals surface area contributed by atoms with Crippen LogP contribution < -0.4 is 5.32 Å². The number of hydrogen-bond donors (Lipinski definition) is 1. The minimum absolute atomic E-state index is 0.121. The van der Waals surface area contributed by atoms with Crippen molar-refractivity contribution in [1.29, 1.82) is 0 Å². The van der Waals surface area contributed by atoms with Gasteiger partial charge in [-0.25, -0.2) is 14.1 Å². The topological polar surface area (TPSA) is 85.8 Å². The molecule has 134 valence electrons. The molecule has 8 heteroatoms. The average molecular weight is 363 g/mol. The molecule has 0 aliphatic heterocycles. The fourth-order valence-corrected chi connectivity index (χ4v) is 2.54. The van der Waals surface area contributed by atoms with Crippen molar-refractivity contribution < 1.29 is 13.7 Å². The largest absolute Gasteiger partial charge is 0.355 e. The van der Waals surface area contributed by atoms with Crippen LogP contribution in [0.4, 0.5) is 10.3 Å². The summed E-state index contributed by atoms with van der Waals surface area (Å²) in [5.41, 5.74) is 1.68.